The van der Waals surface area contributed by atoms with Crippen molar-refractivity contribution in [1.82, 2.24) is 4.98 Å². The fourth-order valence-corrected chi connectivity index (χ4v) is 1.48. The monoisotopic (exact) mass is 268 g/mol. The predicted molar refractivity (Wildman–Crippen MR) is 64.4 cm³/mol. The fraction of sp³-hybridized carbons (Fsp3) is 0.154. The van der Waals surface area contributed by atoms with Gasteiger partial charge in [-0.15, -0.1) is 0 Å². The molecule has 2 rings (SSSR count). The molecule has 1 aromatic carbocycles. The van der Waals surface area contributed by atoms with E-state index >= 15 is 0 Å². The SMILES string of the molecule is Nc1ncccc1OCc1ccc(C(F)(F)F)cc1. The number of nitrogen functional groups attached to an aromatic ring is 1. The van der Waals surface area contributed by atoms with Crippen LogP contribution in [0.2, 0.25) is 0 Å². The van der Waals surface area contributed by atoms with Gasteiger partial charge in [0.25, 0.3) is 0 Å². The highest BCUT2D eigenvalue weighted by atomic mass is 19.4. The Kier molecular flexibility index (Phi) is 3.59. The second kappa shape index (κ2) is 5.17. The third-order valence-corrected chi connectivity index (χ3v) is 2.48. The summed E-state index contributed by atoms with van der Waals surface area (Å²) in [5, 5.41) is 0. The van der Waals surface area contributed by atoms with Gasteiger partial charge in [0.1, 0.15) is 6.61 Å². The number of aromatic nitrogens is 1. The Morgan fingerprint density at radius 2 is 1.79 bits per heavy atom. The Labute approximate surface area is 107 Å². The molecule has 0 fully saturated rings. The van der Waals surface area contributed by atoms with E-state index in [1.165, 1.54) is 18.3 Å². The molecule has 0 radical (unpaired) electrons. The Morgan fingerprint density at radius 3 is 2.37 bits per heavy atom. The van der Waals surface area contributed by atoms with Gasteiger partial charge >= 0.3 is 6.18 Å². The van der Waals surface area contributed by atoms with Crippen LogP contribution in [0.5, 0.6) is 5.75 Å². The molecule has 0 aliphatic rings. The normalized spacial score (nSPS) is 11.3. The summed E-state index contributed by atoms with van der Waals surface area (Å²) in [6.45, 7) is 0.133. The summed E-state index contributed by atoms with van der Waals surface area (Å²) in [5.74, 6) is 0.650. The van der Waals surface area contributed by atoms with Crippen molar-refractivity contribution in [2.24, 2.45) is 0 Å². The number of alkyl halides is 3. The van der Waals surface area contributed by atoms with Crippen molar-refractivity contribution in [1.29, 1.82) is 0 Å². The van der Waals surface area contributed by atoms with Gasteiger partial charge in [0.2, 0.25) is 0 Å². The van der Waals surface area contributed by atoms with E-state index in [1.54, 1.807) is 12.1 Å². The van der Waals surface area contributed by atoms with Crippen molar-refractivity contribution in [3.8, 4) is 5.75 Å². The predicted octanol–water partition coefficient (Wildman–Crippen LogP) is 3.26. The van der Waals surface area contributed by atoms with Gasteiger partial charge in [-0.05, 0) is 29.8 Å². The molecule has 1 heterocycles. The quantitative estimate of drug-likeness (QED) is 0.929. The highest BCUT2D eigenvalue weighted by Gasteiger charge is 2.29. The van der Waals surface area contributed by atoms with Gasteiger partial charge in [0.15, 0.2) is 11.6 Å². The Hall–Kier alpha value is -2.24. The van der Waals surface area contributed by atoms with Gasteiger partial charge in [0, 0.05) is 6.20 Å². The summed E-state index contributed by atoms with van der Waals surface area (Å²) in [4.78, 5) is 3.84. The van der Waals surface area contributed by atoms with E-state index in [0.717, 1.165) is 12.1 Å². The number of anilines is 1. The zero-order chi connectivity index (χ0) is 13.9. The lowest BCUT2D eigenvalue weighted by Crippen LogP contribution is -2.05. The van der Waals surface area contributed by atoms with Crippen LogP contribution >= 0.6 is 0 Å². The summed E-state index contributed by atoms with van der Waals surface area (Å²) in [7, 11) is 0. The lowest BCUT2D eigenvalue weighted by Gasteiger charge is -2.09. The second-order valence-corrected chi connectivity index (χ2v) is 3.87. The van der Waals surface area contributed by atoms with E-state index in [2.05, 4.69) is 4.98 Å². The van der Waals surface area contributed by atoms with E-state index < -0.39 is 11.7 Å². The Morgan fingerprint density at radius 1 is 1.11 bits per heavy atom. The Bertz CT molecular complexity index is 553. The molecule has 100 valence electrons. The van der Waals surface area contributed by atoms with Gasteiger partial charge in [-0.1, -0.05) is 12.1 Å². The first kappa shape index (κ1) is 13.2. The van der Waals surface area contributed by atoms with E-state index in [4.69, 9.17) is 10.5 Å². The van der Waals surface area contributed by atoms with E-state index in [0.29, 0.717) is 11.3 Å². The molecular formula is C13H11F3N2O. The lowest BCUT2D eigenvalue weighted by atomic mass is 10.1. The molecular weight excluding hydrogens is 257 g/mol. The number of hydrogen-bond donors (Lipinski definition) is 1. The molecule has 0 aliphatic heterocycles. The molecule has 1 aromatic heterocycles. The highest BCUT2D eigenvalue weighted by molar-refractivity contribution is 5.44. The summed E-state index contributed by atoms with van der Waals surface area (Å²) >= 11 is 0. The van der Waals surface area contributed by atoms with Gasteiger partial charge in [0.05, 0.1) is 5.56 Å². The van der Waals surface area contributed by atoms with Crippen LogP contribution in [0.25, 0.3) is 0 Å². The minimum Gasteiger partial charge on any atom is -0.485 e. The third kappa shape index (κ3) is 3.37. The van der Waals surface area contributed by atoms with Crippen LogP contribution in [0.15, 0.2) is 42.6 Å². The van der Waals surface area contributed by atoms with Crippen LogP contribution in [0.1, 0.15) is 11.1 Å². The first-order valence-electron chi connectivity index (χ1n) is 5.46. The maximum absolute atomic E-state index is 12.4. The minimum absolute atomic E-state index is 0.133. The maximum Gasteiger partial charge on any atom is 0.416 e. The van der Waals surface area contributed by atoms with E-state index in [-0.39, 0.29) is 12.4 Å². The number of benzene rings is 1. The van der Waals surface area contributed by atoms with Crippen LogP contribution in [0.4, 0.5) is 19.0 Å². The van der Waals surface area contributed by atoms with Crippen LogP contribution in [-0.4, -0.2) is 4.98 Å². The summed E-state index contributed by atoms with van der Waals surface area (Å²) in [6, 6.07) is 8.09. The van der Waals surface area contributed by atoms with Crippen LogP contribution < -0.4 is 10.5 Å². The number of nitrogens with zero attached hydrogens (tertiary/aromatic N) is 1. The molecule has 0 bridgehead atoms. The zero-order valence-electron chi connectivity index (χ0n) is 9.82. The summed E-state index contributed by atoms with van der Waals surface area (Å²) in [5.41, 5.74) is 5.52. The largest absolute Gasteiger partial charge is 0.485 e. The third-order valence-electron chi connectivity index (χ3n) is 2.48. The summed E-state index contributed by atoms with van der Waals surface area (Å²) < 4.78 is 42.5. The Balaban J connectivity index is 2.03. The van der Waals surface area contributed by atoms with Crippen molar-refractivity contribution in [2.75, 3.05) is 5.73 Å². The fourth-order valence-electron chi connectivity index (χ4n) is 1.48. The second-order valence-electron chi connectivity index (χ2n) is 3.87. The van der Waals surface area contributed by atoms with Gasteiger partial charge in [-0.2, -0.15) is 13.2 Å². The molecule has 2 aromatic rings. The lowest BCUT2D eigenvalue weighted by molar-refractivity contribution is -0.137. The molecule has 2 N–H and O–H groups in total. The molecule has 3 nitrogen and oxygen atoms in total. The van der Waals surface area contributed by atoms with Crippen LogP contribution in [0.3, 0.4) is 0 Å². The number of halogens is 3. The standard InChI is InChI=1S/C13H11F3N2O/c14-13(15,16)10-5-3-9(4-6-10)8-19-11-2-1-7-18-12(11)17/h1-7H,8H2,(H2,17,18). The van der Waals surface area contributed by atoms with Crippen molar-refractivity contribution in [3.05, 3.63) is 53.7 Å². The average Bonchev–Trinajstić information content (AvgIpc) is 2.37. The van der Waals surface area contributed by atoms with Crippen molar-refractivity contribution >= 4 is 5.82 Å². The first-order valence-corrected chi connectivity index (χ1v) is 5.46. The number of pyridine rings is 1. The minimum atomic E-state index is -4.33. The zero-order valence-corrected chi connectivity index (χ0v) is 9.82. The summed E-state index contributed by atoms with van der Waals surface area (Å²) in [6.07, 6.45) is -2.80. The molecule has 0 atom stereocenters. The maximum atomic E-state index is 12.4. The highest BCUT2D eigenvalue weighted by Crippen LogP contribution is 2.29. The van der Waals surface area contributed by atoms with E-state index in [1.807, 2.05) is 0 Å². The van der Waals surface area contributed by atoms with Crippen LogP contribution in [-0.2, 0) is 12.8 Å². The van der Waals surface area contributed by atoms with Gasteiger partial charge < -0.3 is 10.5 Å². The average molecular weight is 268 g/mol. The molecule has 0 saturated heterocycles. The number of nitrogens with two attached hydrogens (primary N) is 1. The van der Waals surface area contributed by atoms with Gasteiger partial charge in [-0.25, -0.2) is 4.98 Å². The number of ether oxygens (including phenoxy) is 1. The van der Waals surface area contributed by atoms with Crippen molar-refractivity contribution in [2.45, 2.75) is 12.8 Å². The number of rotatable bonds is 3. The molecule has 6 heteroatoms. The molecule has 0 amide bonds. The smallest absolute Gasteiger partial charge is 0.416 e. The molecule has 0 spiro atoms. The topological polar surface area (TPSA) is 48.1 Å². The molecule has 0 saturated carbocycles. The molecule has 0 aliphatic carbocycles. The van der Waals surface area contributed by atoms with Crippen molar-refractivity contribution < 1.29 is 17.9 Å². The van der Waals surface area contributed by atoms with Crippen LogP contribution in [0, 0.1) is 0 Å². The molecule has 0 unspecified atom stereocenters. The van der Waals surface area contributed by atoms with Gasteiger partial charge in [-0.3, -0.25) is 0 Å². The first-order chi connectivity index (χ1) is 8.97. The van der Waals surface area contributed by atoms with Crippen molar-refractivity contribution in [3.63, 3.8) is 0 Å². The number of hydrogen-bond acceptors (Lipinski definition) is 3. The molecule has 19 heavy (non-hydrogen) atoms. The van der Waals surface area contributed by atoms with E-state index in [9.17, 15) is 13.2 Å².